The summed E-state index contributed by atoms with van der Waals surface area (Å²) in [4.78, 5) is 108. The highest BCUT2D eigenvalue weighted by atomic mass is 16.6. The van der Waals surface area contributed by atoms with Gasteiger partial charge in [-0.25, -0.2) is 4.79 Å². The zero-order valence-corrected chi connectivity index (χ0v) is 93.6. The van der Waals surface area contributed by atoms with E-state index in [-0.39, 0.29) is 119 Å². The van der Waals surface area contributed by atoms with E-state index in [1.54, 1.807) is 13.8 Å². The molecule has 145 heavy (non-hydrogen) atoms. The molecule has 25 heteroatoms. The van der Waals surface area contributed by atoms with Crippen molar-refractivity contribution in [1.29, 1.82) is 0 Å². The van der Waals surface area contributed by atoms with Gasteiger partial charge in [-0.05, 0) is 483 Å². The van der Waals surface area contributed by atoms with Crippen LogP contribution in [0.4, 0.5) is 0 Å². The van der Waals surface area contributed by atoms with Gasteiger partial charge in [0, 0.05) is 6.42 Å². The average molecular weight is 2040 g/mol. The Balaban J connectivity index is 0.000000142. The molecular formula is C120H198O25. The maximum atomic E-state index is 12.2. The first-order chi connectivity index (χ1) is 67.8. The van der Waals surface area contributed by atoms with E-state index >= 15 is 0 Å². The molecule has 25 nitrogen and oxygen atoms in total. The summed E-state index contributed by atoms with van der Waals surface area (Å²) in [6.07, 6.45) is 44.3. The van der Waals surface area contributed by atoms with Crippen molar-refractivity contribution in [3.05, 3.63) is 0 Å². The molecule has 0 heterocycles. The highest BCUT2D eigenvalue weighted by Gasteiger charge is 2.68. The maximum Gasteiger partial charge on any atom is 0.344 e. The van der Waals surface area contributed by atoms with Crippen LogP contribution in [0.1, 0.15) is 421 Å². The molecule has 10 unspecified atom stereocenters. The molecule has 0 radical (unpaired) electrons. The lowest BCUT2D eigenvalue weighted by atomic mass is 9.49. The van der Waals surface area contributed by atoms with Gasteiger partial charge in [0.1, 0.15) is 74.3 Å². The largest absolute Gasteiger partial charge is 0.465 e. The average Bonchev–Trinajstić information content (AvgIpc) is 1.53. The molecule has 0 aliphatic heterocycles. The highest BCUT2D eigenvalue weighted by molar-refractivity contribution is 5.81. The normalized spacial score (nSPS) is 38.2. The summed E-state index contributed by atoms with van der Waals surface area (Å²) >= 11 is 0. The van der Waals surface area contributed by atoms with Crippen molar-refractivity contribution in [3.8, 4) is 0 Å². The number of hydrogen-bond donors (Lipinski definition) is 7. The lowest BCUT2D eigenvalue weighted by Crippen LogP contribution is -2.60. The number of aliphatic hydroxyl groups is 7. The number of carbonyl (C=O) groups excluding carboxylic acids is 9. The Morgan fingerprint density at radius 3 is 0.897 bits per heavy atom. The first-order valence-corrected chi connectivity index (χ1v) is 58.4. The number of esters is 9. The second kappa shape index (κ2) is 46.3. The van der Waals surface area contributed by atoms with E-state index in [0.717, 1.165) is 232 Å². The van der Waals surface area contributed by atoms with Gasteiger partial charge in [0.05, 0.1) is 62.1 Å². The Morgan fingerprint density at radius 2 is 0.552 bits per heavy atom. The van der Waals surface area contributed by atoms with Gasteiger partial charge in [-0.2, -0.15) is 0 Å². The van der Waals surface area contributed by atoms with Crippen molar-refractivity contribution in [2.45, 2.75) is 461 Å². The van der Waals surface area contributed by atoms with Crippen molar-refractivity contribution in [1.82, 2.24) is 0 Å². The van der Waals surface area contributed by atoms with Crippen molar-refractivity contribution < 1.29 is 122 Å². The molecule has 0 saturated heterocycles. The van der Waals surface area contributed by atoms with Crippen LogP contribution < -0.4 is 0 Å². The highest BCUT2D eigenvalue weighted by Crippen LogP contribution is 2.71. The zero-order chi connectivity index (χ0) is 106. The molecule has 10 atom stereocenters. The first kappa shape index (κ1) is 117. The number of fused-ring (bicyclic) bond motifs is 11. The summed E-state index contributed by atoms with van der Waals surface area (Å²) in [6, 6.07) is 0. The monoisotopic (exact) mass is 2040 g/mol. The number of carbonyl (C=O) groups is 9. The van der Waals surface area contributed by atoms with Crippen LogP contribution in [0.25, 0.3) is 0 Å². The van der Waals surface area contributed by atoms with Crippen LogP contribution in [0.3, 0.4) is 0 Å². The lowest BCUT2D eigenvalue weighted by molar-refractivity contribution is -0.206. The molecule has 7 N–H and O–H groups in total. The molecular weight excluding hydrogens is 1840 g/mol. The molecule has 22 bridgehead atoms. The molecule has 23 saturated carbocycles. The Labute approximate surface area is 870 Å². The maximum absolute atomic E-state index is 12.2. The van der Waals surface area contributed by atoms with E-state index in [4.69, 9.17) is 42.6 Å². The third-order valence-electron chi connectivity index (χ3n) is 43.2. The van der Waals surface area contributed by atoms with E-state index < -0.39 is 95.0 Å². The Morgan fingerprint density at radius 1 is 0.255 bits per heavy atom. The van der Waals surface area contributed by atoms with Crippen molar-refractivity contribution >= 4 is 53.7 Å². The molecule has 0 aromatic rings. The minimum Gasteiger partial charge on any atom is -0.465 e. The quantitative estimate of drug-likeness (QED) is 0.0179. The van der Waals surface area contributed by atoms with Gasteiger partial charge < -0.3 is 78.4 Å². The second-order valence-electron chi connectivity index (χ2n) is 55.7. The van der Waals surface area contributed by atoms with Crippen LogP contribution in [0.2, 0.25) is 0 Å². The van der Waals surface area contributed by atoms with Gasteiger partial charge >= 0.3 is 53.7 Å². The molecule has 0 aromatic carbocycles. The number of ether oxygens (including phenoxy) is 9. The number of hydrogen-bond acceptors (Lipinski definition) is 25. The van der Waals surface area contributed by atoms with Gasteiger partial charge in [0.15, 0.2) is 6.61 Å². The molecule has 23 rings (SSSR count). The molecule has 0 amide bonds. The predicted octanol–water partition coefficient (Wildman–Crippen LogP) is 21.1. The lowest BCUT2D eigenvalue weighted by Gasteiger charge is -2.59. The second-order valence-corrected chi connectivity index (χ2v) is 55.7. The summed E-state index contributed by atoms with van der Waals surface area (Å²) in [5.74, 6) is 12.0. The number of rotatable bonds is 34. The fourth-order valence-electron chi connectivity index (χ4n) is 31.3. The molecule has 23 fully saturated rings. The van der Waals surface area contributed by atoms with E-state index in [1.165, 1.54) is 89.9 Å². The van der Waals surface area contributed by atoms with Crippen LogP contribution in [0, 0.1) is 180 Å². The zero-order valence-electron chi connectivity index (χ0n) is 93.6. The Kier molecular flexibility index (Phi) is 37.4. The predicted molar refractivity (Wildman–Crippen MR) is 552 cm³/mol. The van der Waals surface area contributed by atoms with Crippen molar-refractivity contribution in [2.24, 2.45) is 180 Å². The standard InChI is InChI=1S/C20H32O5.C19H30O5.C19H30O3.C18H30O3.C17H28O3.C14H24O3.C13H24O3/c1-4-19(2,3)18(22)24-6-5-17(21)25-12-20(23)15-8-13-7-14(10-15)11-16(20)9-13;1-4-18(2,3)17(21)23-10-16(20)24-11-19(22)14-6-12-5-13(8-14)9-15(19)7-12;1-4-18(2,3)17(20)22-10-19(21)9-13-8-14(19)16-12-6-5-11(7-12)15(13)16;1-4-17(2,3)16(19)21-6-5-18(20)14-8-12-7-13(10-14)11-15(18)9-12;1-4-16(2,3)15(18)20-10-17(19)13-6-11-5-12(8-13)9-14(17)7-11;1-4-13(2,3)12(15)17-9-14(16)8-10-5-6-11(14)7-10;1-4-12(2,3)11(14)16-10-13(15)8-6-5-7-9-13/h13-16,23H,4-12H2,1-3H3;12-15,22H,4-11H2,1-3H3;11-16,21H,4-10H2,1-3H3;12-15,20H,4-11H2,1-3H3;11-14,19H,4-10H2,1-3H3;10-11,16H,4-9H2,1-3H3;15H,4-10H2,1-3H3. The van der Waals surface area contributed by atoms with E-state index in [0.29, 0.717) is 73.2 Å². The summed E-state index contributed by atoms with van der Waals surface area (Å²) in [6.45, 7) is 41.0. The molecule has 828 valence electrons. The van der Waals surface area contributed by atoms with E-state index in [9.17, 15) is 78.9 Å². The molecule has 23 aliphatic rings. The minimum absolute atomic E-state index is 0.0370. The van der Waals surface area contributed by atoms with Crippen LogP contribution in [0.15, 0.2) is 0 Å². The van der Waals surface area contributed by atoms with Crippen LogP contribution in [-0.4, -0.2) is 188 Å². The molecule has 0 aromatic heterocycles. The Hall–Kier alpha value is -5.05. The SMILES string of the molecule is CCC(C)(C)C(=O)OCC(=O)OCC1(O)C2CC3CC(C2)CC1C3.CCC(C)(C)C(=O)OCC1(O)C2CC3CC(C2)CC1C3.CCC(C)(C)C(=O)OCC1(O)CC2CC1C1C3CCC(C3)C21.CCC(C)(C)C(=O)OCC1(O)CC2CCC1C2.CCC(C)(C)C(=O)OCC1(O)CCCCC1.CCC(C)(C)C(=O)OCCC(=O)OCC1(O)C2CC3CC(C2)CC1C3.CCC(C)(C)C(=O)OCCC1(O)C2CC3CC(C2)CC1C3. The van der Waals surface area contributed by atoms with Gasteiger partial charge in [-0.1, -0.05) is 67.7 Å². The van der Waals surface area contributed by atoms with Crippen LogP contribution >= 0.6 is 0 Å². The minimum atomic E-state index is -0.879. The Bertz CT molecular complexity index is 4280. The fraction of sp³-hybridized carbons (Fsp3) is 0.925. The smallest absolute Gasteiger partial charge is 0.344 e. The van der Waals surface area contributed by atoms with Gasteiger partial charge in [0.25, 0.3) is 0 Å². The van der Waals surface area contributed by atoms with Gasteiger partial charge in [0.2, 0.25) is 0 Å². The topological polar surface area (TPSA) is 378 Å². The summed E-state index contributed by atoms with van der Waals surface area (Å²) in [5.41, 5.74) is -8.57. The summed E-state index contributed by atoms with van der Waals surface area (Å²) in [5, 5.41) is 76.3. The fourth-order valence-corrected chi connectivity index (χ4v) is 31.3. The third kappa shape index (κ3) is 26.4. The summed E-state index contributed by atoms with van der Waals surface area (Å²) < 4.78 is 48.1. The molecule has 0 spiro atoms. The van der Waals surface area contributed by atoms with Crippen LogP contribution in [-0.2, 0) is 85.8 Å². The van der Waals surface area contributed by atoms with Gasteiger partial charge in [-0.15, -0.1) is 0 Å². The third-order valence-corrected chi connectivity index (χ3v) is 43.2. The van der Waals surface area contributed by atoms with Crippen molar-refractivity contribution in [2.75, 3.05) is 59.5 Å². The van der Waals surface area contributed by atoms with Crippen molar-refractivity contribution in [3.63, 3.8) is 0 Å². The van der Waals surface area contributed by atoms with E-state index in [2.05, 4.69) is 0 Å². The first-order valence-electron chi connectivity index (χ1n) is 58.4. The summed E-state index contributed by atoms with van der Waals surface area (Å²) in [7, 11) is 0. The molecule has 23 aliphatic carbocycles. The van der Waals surface area contributed by atoms with Crippen LogP contribution in [0.5, 0.6) is 0 Å². The van der Waals surface area contributed by atoms with Gasteiger partial charge in [-0.3, -0.25) is 38.4 Å². The van der Waals surface area contributed by atoms with E-state index in [1.807, 2.05) is 132 Å².